The molecule has 0 atom stereocenters. The fourth-order valence-corrected chi connectivity index (χ4v) is 5.68. The largest absolute Gasteiger partial charge is 0.235 e. The Hall–Kier alpha value is -3.30. The van der Waals surface area contributed by atoms with Crippen LogP contribution < -0.4 is 0 Å². The number of rotatable bonds is 2. The second kappa shape index (κ2) is 6.61. The summed E-state index contributed by atoms with van der Waals surface area (Å²) in [6.07, 6.45) is 1.72. The smallest absolute Gasteiger partial charge is 0.116 e. The van der Waals surface area contributed by atoms with Gasteiger partial charge >= 0.3 is 0 Å². The van der Waals surface area contributed by atoms with Crippen molar-refractivity contribution in [3.05, 3.63) is 84.7 Å². The van der Waals surface area contributed by atoms with Gasteiger partial charge in [-0.25, -0.2) is 9.97 Å². The molecular weight excluding hydrogens is 384 g/mol. The fraction of sp³-hybridized carbons (Fsp3) is 0.111. The predicted octanol–water partition coefficient (Wildman–Crippen LogP) is 7.94. The number of hydrogen-bond acceptors (Lipinski definition) is 3. The van der Waals surface area contributed by atoms with E-state index >= 15 is 0 Å². The third-order valence-electron chi connectivity index (χ3n) is 5.93. The Bertz CT molecular complexity index is 1580. The highest BCUT2D eigenvalue weighted by Crippen LogP contribution is 2.42. The molecule has 2 aromatic heterocycles. The molecule has 0 radical (unpaired) electrons. The molecule has 6 rings (SSSR count). The molecule has 0 bridgehead atoms. The minimum Gasteiger partial charge on any atom is -0.235 e. The third kappa shape index (κ3) is 2.55. The maximum Gasteiger partial charge on any atom is 0.116 e. The van der Waals surface area contributed by atoms with Gasteiger partial charge in [0.15, 0.2) is 0 Å². The van der Waals surface area contributed by atoms with Crippen molar-refractivity contribution >= 4 is 53.2 Å². The lowest BCUT2D eigenvalue weighted by molar-refractivity contribution is 0.876. The first-order valence-corrected chi connectivity index (χ1v) is 11.1. The summed E-state index contributed by atoms with van der Waals surface area (Å²) >= 11 is 1.79. The Morgan fingerprint density at radius 1 is 0.767 bits per heavy atom. The molecular formula is C27H20N2S. The molecule has 144 valence electrons. The molecule has 0 aliphatic rings. The van der Waals surface area contributed by atoms with Crippen LogP contribution in [0, 0.1) is 0 Å². The number of aromatic nitrogens is 2. The molecule has 30 heavy (non-hydrogen) atoms. The Balaban J connectivity index is 1.71. The van der Waals surface area contributed by atoms with Gasteiger partial charge in [0, 0.05) is 15.6 Å². The summed E-state index contributed by atoms with van der Waals surface area (Å²) in [7, 11) is 0. The van der Waals surface area contributed by atoms with E-state index < -0.39 is 0 Å². The van der Waals surface area contributed by atoms with E-state index in [0.717, 1.165) is 15.9 Å². The van der Waals surface area contributed by atoms with Crippen molar-refractivity contribution in [2.24, 2.45) is 0 Å². The van der Waals surface area contributed by atoms with Crippen LogP contribution in [-0.2, 0) is 0 Å². The summed E-state index contributed by atoms with van der Waals surface area (Å²) in [5, 5.41) is 6.33. The number of benzene rings is 4. The van der Waals surface area contributed by atoms with Crippen LogP contribution in [0.25, 0.3) is 53.1 Å². The zero-order valence-electron chi connectivity index (χ0n) is 16.9. The van der Waals surface area contributed by atoms with Gasteiger partial charge in [0.05, 0.1) is 15.9 Å². The van der Waals surface area contributed by atoms with Crippen LogP contribution in [0.3, 0.4) is 0 Å². The molecule has 3 heteroatoms. The summed E-state index contributed by atoms with van der Waals surface area (Å²) in [5.74, 6) is 0.443. The van der Waals surface area contributed by atoms with Crippen molar-refractivity contribution in [3.63, 3.8) is 0 Å². The lowest BCUT2D eigenvalue weighted by Crippen LogP contribution is -1.93. The van der Waals surface area contributed by atoms with E-state index in [0.29, 0.717) is 5.92 Å². The van der Waals surface area contributed by atoms with Gasteiger partial charge in [-0.1, -0.05) is 68.4 Å². The van der Waals surface area contributed by atoms with Crippen molar-refractivity contribution < 1.29 is 0 Å². The van der Waals surface area contributed by atoms with Gasteiger partial charge in [0.25, 0.3) is 0 Å². The van der Waals surface area contributed by atoms with Crippen LogP contribution in [0.2, 0.25) is 0 Å². The highest BCUT2D eigenvalue weighted by atomic mass is 32.1. The standard InChI is InChI=1S/C27H20N2S/c1-16(2)22-14-19(13-18-8-4-5-9-20(18)22)25-27-26(29-15-28-25)24-21-10-6-3-7-17(21)11-12-23(24)30-27/h3-16H,1-2H3. The maximum atomic E-state index is 4.76. The summed E-state index contributed by atoms with van der Waals surface area (Å²) in [5.41, 5.74) is 4.61. The van der Waals surface area contributed by atoms with Gasteiger partial charge in [-0.15, -0.1) is 11.3 Å². The van der Waals surface area contributed by atoms with Crippen LogP contribution >= 0.6 is 11.3 Å². The first-order valence-electron chi connectivity index (χ1n) is 10.3. The van der Waals surface area contributed by atoms with Crippen molar-refractivity contribution in [1.29, 1.82) is 0 Å². The summed E-state index contributed by atoms with van der Waals surface area (Å²) in [4.78, 5) is 9.48. The molecule has 0 aliphatic heterocycles. The summed E-state index contributed by atoms with van der Waals surface area (Å²) in [6, 6.07) is 26.2. The molecule has 0 amide bonds. The fourth-order valence-electron chi connectivity index (χ4n) is 4.50. The van der Waals surface area contributed by atoms with E-state index in [1.165, 1.54) is 42.8 Å². The van der Waals surface area contributed by atoms with Crippen molar-refractivity contribution in [3.8, 4) is 11.3 Å². The van der Waals surface area contributed by atoms with Gasteiger partial charge < -0.3 is 0 Å². The first kappa shape index (κ1) is 17.5. The normalized spacial score (nSPS) is 12.0. The monoisotopic (exact) mass is 404 g/mol. The lowest BCUT2D eigenvalue weighted by atomic mass is 9.92. The minimum atomic E-state index is 0.443. The Morgan fingerprint density at radius 2 is 1.53 bits per heavy atom. The SMILES string of the molecule is CC(C)c1cc(-c2ncnc3c2sc2ccc4ccccc4c23)cc2ccccc12. The van der Waals surface area contributed by atoms with Crippen LogP contribution in [-0.4, -0.2) is 9.97 Å². The molecule has 0 aliphatic carbocycles. The van der Waals surface area contributed by atoms with Gasteiger partial charge in [-0.05, 0) is 51.2 Å². The van der Waals surface area contributed by atoms with E-state index in [-0.39, 0.29) is 0 Å². The molecule has 0 fully saturated rings. The molecule has 0 N–H and O–H groups in total. The Morgan fingerprint density at radius 3 is 2.37 bits per heavy atom. The zero-order valence-corrected chi connectivity index (χ0v) is 17.7. The summed E-state index contributed by atoms with van der Waals surface area (Å²) in [6.45, 7) is 4.51. The maximum absolute atomic E-state index is 4.76. The molecule has 0 saturated carbocycles. The molecule has 0 unspecified atom stereocenters. The van der Waals surface area contributed by atoms with E-state index in [1.807, 2.05) is 0 Å². The van der Waals surface area contributed by atoms with Crippen LogP contribution in [0.4, 0.5) is 0 Å². The predicted molar refractivity (Wildman–Crippen MR) is 129 cm³/mol. The van der Waals surface area contributed by atoms with Crippen LogP contribution in [0.1, 0.15) is 25.3 Å². The van der Waals surface area contributed by atoms with Gasteiger partial charge in [0.2, 0.25) is 0 Å². The van der Waals surface area contributed by atoms with Crippen LogP contribution in [0.15, 0.2) is 79.1 Å². The van der Waals surface area contributed by atoms with E-state index in [4.69, 9.17) is 9.97 Å². The van der Waals surface area contributed by atoms with E-state index in [9.17, 15) is 0 Å². The summed E-state index contributed by atoms with van der Waals surface area (Å²) < 4.78 is 2.42. The van der Waals surface area contributed by atoms with Gasteiger partial charge in [-0.3, -0.25) is 0 Å². The van der Waals surface area contributed by atoms with E-state index in [2.05, 4.69) is 86.6 Å². The van der Waals surface area contributed by atoms with Crippen molar-refractivity contribution in [1.82, 2.24) is 9.97 Å². The lowest BCUT2D eigenvalue weighted by Gasteiger charge is -2.13. The Kier molecular flexibility index (Phi) is 3.87. The first-order chi connectivity index (χ1) is 14.7. The average molecular weight is 405 g/mol. The molecule has 2 nitrogen and oxygen atoms in total. The van der Waals surface area contributed by atoms with Crippen molar-refractivity contribution in [2.45, 2.75) is 19.8 Å². The average Bonchev–Trinajstić information content (AvgIpc) is 3.17. The second-order valence-electron chi connectivity index (χ2n) is 8.10. The number of fused-ring (bicyclic) bond motifs is 6. The molecule has 0 saturated heterocycles. The second-order valence-corrected chi connectivity index (χ2v) is 9.16. The van der Waals surface area contributed by atoms with Gasteiger partial charge in [-0.2, -0.15) is 0 Å². The van der Waals surface area contributed by atoms with Gasteiger partial charge in [0.1, 0.15) is 6.33 Å². The molecule has 0 spiro atoms. The molecule has 4 aromatic carbocycles. The quantitative estimate of drug-likeness (QED) is 0.293. The minimum absolute atomic E-state index is 0.443. The molecule has 6 aromatic rings. The van der Waals surface area contributed by atoms with E-state index in [1.54, 1.807) is 17.7 Å². The Labute approximate surface area is 178 Å². The topological polar surface area (TPSA) is 25.8 Å². The number of thiophene rings is 1. The number of hydrogen-bond donors (Lipinski definition) is 0. The highest BCUT2D eigenvalue weighted by Gasteiger charge is 2.16. The third-order valence-corrected chi connectivity index (χ3v) is 7.08. The van der Waals surface area contributed by atoms with Crippen molar-refractivity contribution in [2.75, 3.05) is 0 Å². The highest BCUT2D eigenvalue weighted by molar-refractivity contribution is 7.26. The zero-order chi connectivity index (χ0) is 20.2. The molecule has 2 heterocycles. The number of nitrogens with zero attached hydrogens (tertiary/aromatic N) is 2. The van der Waals surface area contributed by atoms with Crippen LogP contribution in [0.5, 0.6) is 0 Å².